The first-order valence-electron chi connectivity index (χ1n) is 7.07. The van der Waals surface area contributed by atoms with Crippen LogP contribution in [0.4, 0.5) is 0 Å². The summed E-state index contributed by atoms with van der Waals surface area (Å²) in [6.45, 7) is 9.65. The topological polar surface area (TPSA) is 32.3 Å². The van der Waals surface area contributed by atoms with Crippen LogP contribution < -0.4 is 5.32 Å². The summed E-state index contributed by atoms with van der Waals surface area (Å²) in [4.78, 5) is 14.3. The van der Waals surface area contributed by atoms with E-state index in [-0.39, 0.29) is 12.2 Å². The molecule has 2 rings (SSSR count). The maximum absolute atomic E-state index is 12.2. The van der Waals surface area contributed by atoms with E-state index in [9.17, 15) is 4.79 Å². The summed E-state index contributed by atoms with van der Waals surface area (Å²) >= 11 is 0. The number of amides is 1. The van der Waals surface area contributed by atoms with Crippen molar-refractivity contribution in [1.82, 2.24) is 10.2 Å². The quantitative estimate of drug-likeness (QED) is 0.817. The maximum Gasteiger partial charge on any atom is 0.240 e. The number of hydrogen-bond donors (Lipinski definition) is 1. The fraction of sp³-hybridized carbons (Fsp3) is 0.929. The predicted octanol–water partition coefficient (Wildman–Crippen LogP) is 2.23. The molecule has 0 aromatic rings. The number of carbonyl (C=O) groups excluding carboxylic acids is 1. The van der Waals surface area contributed by atoms with Gasteiger partial charge in [-0.3, -0.25) is 10.1 Å². The largest absolute Gasteiger partial charge is 0.325 e. The van der Waals surface area contributed by atoms with E-state index in [1.165, 1.54) is 19.3 Å². The summed E-state index contributed by atoms with van der Waals surface area (Å²) in [5.41, 5.74) is 0. The zero-order chi connectivity index (χ0) is 12.6. The lowest BCUT2D eigenvalue weighted by Crippen LogP contribution is -2.44. The van der Waals surface area contributed by atoms with E-state index in [1.54, 1.807) is 0 Å². The molecule has 1 saturated heterocycles. The van der Waals surface area contributed by atoms with Crippen LogP contribution >= 0.6 is 0 Å². The van der Waals surface area contributed by atoms with Gasteiger partial charge in [-0.1, -0.05) is 33.6 Å². The molecule has 0 radical (unpaired) electrons. The average Bonchev–Trinajstić information content (AvgIpc) is 2.78. The average molecular weight is 238 g/mol. The molecular formula is C14H26N2O. The van der Waals surface area contributed by atoms with E-state index in [2.05, 4.69) is 31.0 Å². The smallest absolute Gasteiger partial charge is 0.240 e. The molecule has 17 heavy (non-hydrogen) atoms. The lowest BCUT2D eigenvalue weighted by Gasteiger charge is -2.31. The van der Waals surface area contributed by atoms with Crippen molar-refractivity contribution in [2.45, 2.75) is 59.2 Å². The third-order valence-corrected chi connectivity index (χ3v) is 4.51. The molecule has 1 aliphatic heterocycles. The van der Waals surface area contributed by atoms with Crippen LogP contribution in [0.15, 0.2) is 0 Å². The van der Waals surface area contributed by atoms with Crippen molar-refractivity contribution in [1.29, 1.82) is 0 Å². The molecule has 1 heterocycles. The van der Waals surface area contributed by atoms with Gasteiger partial charge in [-0.2, -0.15) is 0 Å². The Kier molecular flexibility index (Phi) is 3.76. The van der Waals surface area contributed by atoms with Gasteiger partial charge in [0, 0.05) is 6.54 Å². The number of nitrogens with zero attached hydrogens (tertiary/aromatic N) is 1. The molecule has 3 nitrogen and oxygen atoms in total. The molecule has 3 heteroatoms. The highest BCUT2D eigenvalue weighted by atomic mass is 16.2. The SMILES string of the molecule is CC1NC(C(C)C)N(CC2CCCC2C)C1=O. The summed E-state index contributed by atoms with van der Waals surface area (Å²) in [6.07, 6.45) is 4.21. The molecule has 1 aliphatic carbocycles. The zero-order valence-electron chi connectivity index (χ0n) is 11.6. The first kappa shape index (κ1) is 12.9. The Labute approximate surface area is 105 Å². The molecule has 0 spiro atoms. The Morgan fingerprint density at radius 3 is 2.59 bits per heavy atom. The Morgan fingerprint density at radius 2 is 2.06 bits per heavy atom. The first-order valence-corrected chi connectivity index (χ1v) is 7.07. The van der Waals surface area contributed by atoms with Gasteiger partial charge in [-0.05, 0) is 31.1 Å². The Morgan fingerprint density at radius 1 is 1.35 bits per heavy atom. The van der Waals surface area contributed by atoms with Crippen LogP contribution in [0.1, 0.15) is 47.0 Å². The predicted molar refractivity (Wildman–Crippen MR) is 69.4 cm³/mol. The van der Waals surface area contributed by atoms with Crippen molar-refractivity contribution in [2.75, 3.05) is 6.54 Å². The van der Waals surface area contributed by atoms with Crippen molar-refractivity contribution < 1.29 is 4.79 Å². The highest BCUT2D eigenvalue weighted by molar-refractivity contribution is 5.83. The molecule has 0 aromatic carbocycles. The van der Waals surface area contributed by atoms with E-state index in [4.69, 9.17) is 0 Å². The van der Waals surface area contributed by atoms with Crippen LogP contribution in [0.2, 0.25) is 0 Å². The molecule has 98 valence electrons. The fourth-order valence-corrected chi connectivity index (χ4v) is 3.31. The van der Waals surface area contributed by atoms with E-state index in [0.717, 1.165) is 12.5 Å². The number of nitrogens with one attached hydrogen (secondary N) is 1. The van der Waals surface area contributed by atoms with Gasteiger partial charge in [-0.15, -0.1) is 0 Å². The number of hydrogen-bond acceptors (Lipinski definition) is 2. The Balaban J connectivity index is 2.03. The summed E-state index contributed by atoms with van der Waals surface area (Å²) < 4.78 is 0. The fourth-order valence-electron chi connectivity index (χ4n) is 3.31. The molecular weight excluding hydrogens is 212 g/mol. The Hall–Kier alpha value is -0.570. The second kappa shape index (κ2) is 4.97. The second-order valence-electron chi connectivity index (χ2n) is 6.24. The van der Waals surface area contributed by atoms with Gasteiger partial charge in [0.05, 0.1) is 12.2 Å². The van der Waals surface area contributed by atoms with Crippen molar-refractivity contribution in [3.63, 3.8) is 0 Å². The molecule has 0 aromatic heterocycles. The van der Waals surface area contributed by atoms with Crippen LogP contribution in [-0.2, 0) is 4.79 Å². The van der Waals surface area contributed by atoms with Crippen LogP contribution in [0.25, 0.3) is 0 Å². The molecule has 1 N–H and O–H groups in total. The highest BCUT2D eigenvalue weighted by Crippen LogP contribution is 2.33. The van der Waals surface area contributed by atoms with Gasteiger partial charge in [0.15, 0.2) is 0 Å². The standard InChI is InChI=1S/C14H26N2O/c1-9(2)13-15-11(4)14(17)16(13)8-12-7-5-6-10(12)3/h9-13,15H,5-8H2,1-4H3. The third kappa shape index (κ3) is 2.49. The van der Waals surface area contributed by atoms with E-state index in [1.807, 2.05) is 6.92 Å². The minimum Gasteiger partial charge on any atom is -0.325 e. The van der Waals surface area contributed by atoms with Crippen LogP contribution in [0, 0.1) is 17.8 Å². The summed E-state index contributed by atoms with van der Waals surface area (Å²) in [6, 6.07) is -0.000825. The van der Waals surface area contributed by atoms with E-state index >= 15 is 0 Å². The second-order valence-corrected chi connectivity index (χ2v) is 6.24. The molecule has 2 fully saturated rings. The van der Waals surface area contributed by atoms with Crippen molar-refractivity contribution in [3.8, 4) is 0 Å². The highest BCUT2D eigenvalue weighted by Gasteiger charge is 2.39. The maximum atomic E-state index is 12.2. The normalized spacial score (nSPS) is 38.4. The minimum absolute atomic E-state index is 0.000825. The monoisotopic (exact) mass is 238 g/mol. The molecule has 1 amide bonds. The molecule has 1 saturated carbocycles. The van der Waals surface area contributed by atoms with Crippen LogP contribution in [0.3, 0.4) is 0 Å². The number of rotatable bonds is 3. The van der Waals surface area contributed by atoms with Crippen LogP contribution in [-0.4, -0.2) is 29.6 Å². The first-order chi connectivity index (χ1) is 8.00. The van der Waals surface area contributed by atoms with Crippen molar-refractivity contribution >= 4 is 5.91 Å². The molecule has 4 unspecified atom stereocenters. The molecule has 4 atom stereocenters. The molecule has 2 aliphatic rings. The van der Waals surface area contributed by atoms with Crippen molar-refractivity contribution in [2.24, 2.45) is 17.8 Å². The third-order valence-electron chi connectivity index (χ3n) is 4.51. The lowest BCUT2D eigenvalue weighted by atomic mass is 9.97. The van der Waals surface area contributed by atoms with Gasteiger partial charge in [0.2, 0.25) is 5.91 Å². The van der Waals surface area contributed by atoms with Gasteiger partial charge in [-0.25, -0.2) is 0 Å². The van der Waals surface area contributed by atoms with Gasteiger partial charge in [0.1, 0.15) is 0 Å². The Bertz CT molecular complexity index is 290. The molecule has 0 bridgehead atoms. The number of carbonyl (C=O) groups is 1. The van der Waals surface area contributed by atoms with Gasteiger partial charge in [0.25, 0.3) is 0 Å². The summed E-state index contributed by atoms with van der Waals surface area (Å²) in [7, 11) is 0. The van der Waals surface area contributed by atoms with Crippen LogP contribution in [0.5, 0.6) is 0 Å². The zero-order valence-corrected chi connectivity index (χ0v) is 11.6. The lowest BCUT2D eigenvalue weighted by molar-refractivity contribution is -0.131. The minimum atomic E-state index is -0.000825. The van der Waals surface area contributed by atoms with Gasteiger partial charge < -0.3 is 4.90 Å². The summed E-state index contributed by atoms with van der Waals surface area (Å²) in [5.74, 6) is 2.28. The van der Waals surface area contributed by atoms with Gasteiger partial charge >= 0.3 is 0 Å². The van der Waals surface area contributed by atoms with E-state index in [0.29, 0.717) is 17.7 Å². The summed E-state index contributed by atoms with van der Waals surface area (Å²) in [5, 5.41) is 3.42. The van der Waals surface area contributed by atoms with E-state index < -0.39 is 0 Å². The van der Waals surface area contributed by atoms with Crippen molar-refractivity contribution in [3.05, 3.63) is 0 Å².